The molecule has 0 aromatic heterocycles. The second-order valence-corrected chi connectivity index (χ2v) is 5.16. The van der Waals surface area contributed by atoms with Crippen molar-refractivity contribution in [1.82, 2.24) is 5.48 Å². The van der Waals surface area contributed by atoms with E-state index in [1.807, 2.05) is 6.92 Å². The molecule has 1 aliphatic rings. The van der Waals surface area contributed by atoms with E-state index in [0.29, 0.717) is 10.8 Å². The minimum atomic E-state index is -0.278. The molecule has 1 aromatic rings. The van der Waals surface area contributed by atoms with E-state index in [0.717, 1.165) is 18.4 Å². The highest BCUT2D eigenvalue weighted by Crippen LogP contribution is 2.21. The number of halogens is 1. The molecule has 1 amide bonds. The third-order valence-electron chi connectivity index (χ3n) is 3.14. The standard InChI is InChI=1S/C14H18ClNO3/c1-10-8-12(6-7-13(10)15)18-9-14(17)16-19-11-4-2-3-5-11/h6-8,11H,2-5,9H2,1H3,(H,16,17). The van der Waals surface area contributed by atoms with Crippen molar-refractivity contribution in [3.05, 3.63) is 28.8 Å². The van der Waals surface area contributed by atoms with Gasteiger partial charge in [-0.25, -0.2) is 5.48 Å². The first-order valence-electron chi connectivity index (χ1n) is 6.48. The maximum Gasteiger partial charge on any atom is 0.281 e. The summed E-state index contributed by atoms with van der Waals surface area (Å²) in [6.07, 6.45) is 4.51. The van der Waals surface area contributed by atoms with E-state index in [9.17, 15) is 4.79 Å². The van der Waals surface area contributed by atoms with E-state index < -0.39 is 0 Å². The number of hydrogen-bond donors (Lipinski definition) is 1. The first-order chi connectivity index (χ1) is 9.15. The summed E-state index contributed by atoms with van der Waals surface area (Å²) < 4.78 is 5.37. The van der Waals surface area contributed by atoms with Crippen LogP contribution in [-0.4, -0.2) is 18.6 Å². The van der Waals surface area contributed by atoms with Gasteiger partial charge in [-0.1, -0.05) is 24.4 Å². The fourth-order valence-corrected chi connectivity index (χ4v) is 2.16. The molecule has 2 rings (SSSR count). The molecule has 0 aliphatic heterocycles. The molecule has 19 heavy (non-hydrogen) atoms. The van der Waals surface area contributed by atoms with Gasteiger partial charge in [-0.3, -0.25) is 9.63 Å². The molecule has 1 fully saturated rings. The number of amides is 1. The number of hydrogen-bond acceptors (Lipinski definition) is 3. The van der Waals surface area contributed by atoms with Crippen LogP contribution in [0.2, 0.25) is 5.02 Å². The Morgan fingerprint density at radius 3 is 2.84 bits per heavy atom. The molecule has 1 saturated carbocycles. The highest BCUT2D eigenvalue weighted by Gasteiger charge is 2.16. The number of nitrogens with one attached hydrogen (secondary N) is 1. The van der Waals surface area contributed by atoms with E-state index in [4.69, 9.17) is 21.2 Å². The van der Waals surface area contributed by atoms with Crippen molar-refractivity contribution in [2.24, 2.45) is 0 Å². The molecule has 0 atom stereocenters. The van der Waals surface area contributed by atoms with E-state index >= 15 is 0 Å². The largest absolute Gasteiger partial charge is 0.484 e. The summed E-state index contributed by atoms with van der Waals surface area (Å²) >= 11 is 5.91. The van der Waals surface area contributed by atoms with Crippen molar-refractivity contribution in [3.8, 4) is 5.75 Å². The molecule has 0 radical (unpaired) electrons. The van der Waals surface area contributed by atoms with Crippen molar-refractivity contribution in [2.45, 2.75) is 38.7 Å². The first-order valence-corrected chi connectivity index (χ1v) is 6.86. The number of benzene rings is 1. The van der Waals surface area contributed by atoms with Gasteiger partial charge in [0.15, 0.2) is 6.61 Å². The molecule has 0 unspecified atom stereocenters. The Balaban J connectivity index is 1.71. The molecule has 0 heterocycles. The molecular formula is C14H18ClNO3. The van der Waals surface area contributed by atoms with Crippen molar-refractivity contribution >= 4 is 17.5 Å². The number of hydroxylamine groups is 1. The second-order valence-electron chi connectivity index (χ2n) is 4.75. The topological polar surface area (TPSA) is 47.6 Å². The van der Waals surface area contributed by atoms with Gasteiger partial charge in [0.1, 0.15) is 5.75 Å². The van der Waals surface area contributed by atoms with Crippen LogP contribution in [-0.2, 0) is 9.63 Å². The Morgan fingerprint density at radius 1 is 1.42 bits per heavy atom. The minimum absolute atomic E-state index is 0.0617. The number of ether oxygens (including phenoxy) is 1. The number of aryl methyl sites for hydroxylation is 1. The van der Waals surface area contributed by atoms with Crippen molar-refractivity contribution < 1.29 is 14.4 Å². The van der Waals surface area contributed by atoms with Gasteiger partial charge in [0.05, 0.1) is 6.10 Å². The van der Waals surface area contributed by atoms with E-state index in [-0.39, 0.29) is 18.6 Å². The van der Waals surface area contributed by atoms with Gasteiger partial charge in [0, 0.05) is 5.02 Å². The first kappa shape index (κ1) is 14.2. The summed E-state index contributed by atoms with van der Waals surface area (Å²) in [7, 11) is 0. The van der Waals surface area contributed by atoms with Crippen LogP contribution >= 0.6 is 11.6 Å². The van der Waals surface area contributed by atoms with Gasteiger partial charge in [0.25, 0.3) is 5.91 Å². The van der Waals surface area contributed by atoms with Crippen LogP contribution in [0.25, 0.3) is 0 Å². The quantitative estimate of drug-likeness (QED) is 0.845. The third kappa shape index (κ3) is 4.40. The lowest BCUT2D eigenvalue weighted by atomic mass is 10.2. The Labute approximate surface area is 118 Å². The predicted molar refractivity (Wildman–Crippen MR) is 73.2 cm³/mol. The SMILES string of the molecule is Cc1cc(OCC(=O)NOC2CCCC2)ccc1Cl. The number of rotatable bonds is 5. The zero-order chi connectivity index (χ0) is 13.7. The second kappa shape index (κ2) is 6.78. The van der Waals surface area contributed by atoms with Gasteiger partial charge in [-0.05, 0) is 43.5 Å². The Hall–Kier alpha value is -1.26. The van der Waals surface area contributed by atoms with Crippen LogP contribution in [0.5, 0.6) is 5.75 Å². The fourth-order valence-electron chi connectivity index (χ4n) is 2.04. The molecule has 5 heteroatoms. The van der Waals surface area contributed by atoms with Crippen molar-refractivity contribution in [2.75, 3.05) is 6.61 Å². The van der Waals surface area contributed by atoms with E-state index in [1.54, 1.807) is 18.2 Å². The monoisotopic (exact) mass is 283 g/mol. The molecule has 1 N–H and O–H groups in total. The smallest absolute Gasteiger partial charge is 0.281 e. The maximum atomic E-state index is 11.5. The fraction of sp³-hybridized carbons (Fsp3) is 0.500. The average Bonchev–Trinajstić information content (AvgIpc) is 2.91. The number of carbonyl (C=O) groups is 1. The molecule has 1 aromatic carbocycles. The van der Waals surface area contributed by atoms with Gasteiger partial charge < -0.3 is 4.74 Å². The van der Waals surface area contributed by atoms with E-state index in [1.165, 1.54) is 12.8 Å². The zero-order valence-electron chi connectivity index (χ0n) is 10.9. The third-order valence-corrected chi connectivity index (χ3v) is 3.57. The van der Waals surface area contributed by atoms with Crippen molar-refractivity contribution in [3.63, 3.8) is 0 Å². The summed E-state index contributed by atoms with van der Waals surface area (Å²) in [5.74, 6) is 0.345. The molecule has 0 bridgehead atoms. The van der Waals surface area contributed by atoms with Crippen LogP contribution in [0.1, 0.15) is 31.2 Å². The predicted octanol–water partition coefficient (Wildman–Crippen LogP) is 3.02. The van der Waals surface area contributed by atoms with E-state index in [2.05, 4.69) is 5.48 Å². The van der Waals surface area contributed by atoms with Crippen LogP contribution in [0.15, 0.2) is 18.2 Å². The summed E-state index contributed by atoms with van der Waals surface area (Å²) in [6, 6.07) is 5.28. The molecule has 104 valence electrons. The lowest BCUT2D eigenvalue weighted by Gasteiger charge is -2.12. The van der Waals surface area contributed by atoms with Crippen LogP contribution < -0.4 is 10.2 Å². The van der Waals surface area contributed by atoms with Crippen molar-refractivity contribution in [1.29, 1.82) is 0 Å². The van der Waals surface area contributed by atoms with Gasteiger partial charge in [-0.2, -0.15) is 0 Å². The minimum Gasteiger partial charge on any atom is -0.484 e. The Bertz CT molecular complexity index is 444. The summed E-state index contributed by atoms with van der Waals surface area (Å²) in [5.41, 5.74) is 3.35. The lowest BCUT2D eigenvalue weighted by molar-refractivity contribution is -0.140. The van der Waals surface area contributed by atoms with Gasteiger partial charge in [-0.15, -0.1) is 0 Å². The molecular weight excluding hydrogens is 266 g/mol. The molecule has 4 nitrogen and oxygen atoms in total. The Kier molecular flexibility index (Phi) is 5.05. The molecule has 0 saturated heterocycles. The lowest BCUT2D eigenvalue weighted by Crippen LogP contribution is -2.32. The maximum absolute atomic E-state index is 11.5. The normalized spacial score (nSPS) is 15.5. The average molecular weight is 284 g/mol. The van der Waals surface area contributed by atoms with Gasteiger partial charge in [0.2, 0.25) is 0 Å². The summed E-state index contributed by atoms with van der Waals surface area (Å²) in [5, 5.41) is 0.682. The Morgan fingerprint density at radius 2 is 2.16 bits per heavy atom. The van der Waals surface area contributed by atoms with Gasteiger partial charge >= 0.3 is 0 Å². The highest BCUT2D eigenvalue weighted by molar-refractivity contribution is 6.31. The molecule has 0 spiro atoms. The summed E-state index contributed by atoms with van der Waals surface area (Å²) in [4.78, 5) is 16.8. The van der Waals surface area contributed by atoms with Crippen LogP contribution in [0, 0.1) is 6.92 Å². The summed E-state index contributed by atoms with van der Waals surface area (Å²) in [6.45, 7) is 1.83. The molecule has 1 aliphatic carbocycles. The highest BCUT2D eigenvalue weighted by atomic mass is 35.5. The number of carbonyl (C=O) groups excluding carboxylic acids is 1. The van der Waals surface area contributed by atoms with Crippen LogP contribution in [0.3, 0.4) is 0 Å². The zero-order valence-corrected chi connectivity index (χ0v) is 11.7. The van der Waals surface area contributed by atoms with Crippen LogP contribution in [0.4, 0.5) is 0 Å².